The number of likely N-dealkylation sites (N-methyl/N-ethyl adjacent to an activating group) is 1. The molecule has 0 bridgehead atoms. The van der Waals surface area contributed by atoms with Gasteiger partial charge in [0.1, 0.15) is 0 Å². The van der Waals surface area contributed by atoms with E-state index in [0.717, 1.165) is 31.4 Å². The largest absolute Gasteiger partial charge is 0.354 e. The van der Waals surface area contributed by atoms with Crippen LogP contribution in [-0.4, -0.2) is 38.5 Å². The molecule has 1 fully saturated rings. The molecule has 3 N–H and O–H groups in total. The molecule has 1 aromatic rings. The van der Waals surface area contributed by atoms with Gasteiger partial charge >= 0.3 is 0 Å². The van der Waals surface area contributed by atoms with Crippen molar-refractivity contribution in [3.8, 4) is 0 Å². The van der Waals surface area contributed by atoms with E-state index >= 15 is 0 Å². The summed E-state index contributed by atoms with van der Waals surface area (Å²) >= 11 is 0. The Morgan fingerprint density at radius 1 is 1.10 bits per heavy atom. The molecule has 0 heterocycles. The molecule has 0 aliphatic heterocycles. The summed E-state index contributed by atoms with van der Waals surface area (Å²) in [6.07, 6.45) is 2.81. The second kappa shape index (κ2) is 7.78. The normalized spacial score (nSPS) is 13.8. The zero-order chi connectivity index (χ0) is 15.1. The van der Waals surface area contributed by atoms with Crippen LogP contribution in [0.1, 0.15) is 28.8 Å². The van der Waals surface area contributed by atoms with E-state index in [9.17, 15) is 9.59 Å². The second-order valence-corrected chi connectivity index (χ2v) is 5.33. The van der Waals surface area contributed by atoms with Gasteiger partial charge in [0.05, 0.1) is 0 Å². The van der Waals surface area contributed by atoms with Gasteiger partial charge in [-0.1, -0.05) is 18.2 Å². The summed E-state index contributed by atoms with van der Waals surface area (Å²) in [4.78, 5) is 23.6. The number of carbonyl (C=O) groups is 2. The maximum Gasteiger partial charge on any atom is 0.251 e. The lowest BCUT2D eigenvalue weighted by Crippen LogP contribution is -2.35. The van der Waals surface area contributed by atoms with Crippen LogP contribution in [0.5, 0.6) is 0 Å². The molecule has 0 unspecified atom stereocenters. The van der Waals surface area contributed by atoms with Gasteiger partial charge in [0.25, 0.3) is 5.91 Å². The third-order valence-electron chi connectivity index (χ3n) is 3.56. The number of hydrogen-bond acceptors (Lipinski definition) is 3. The Kier molecular flexibility index (Phi) is 5.75. The van der Waals surface area contributed by atoms with E-state index in [1.807, 2.05) is 31.3 Å². The smallest absolute Gasteiger partial charge is 0.251 e. The van der Waals surface area contributed by atoms with Gasteiger partial charge in [-0.05, 0) is 44.5 Å². The quantitative estimate of drug-likeness (QED) is 0.617. The van der Waals surface area contributed by atoms with Gasteiger partial charge in [0.15, 0.2) is 0 Å². The van der Waals surface area contributed by atoms with Crippen molar-refractivity contribution in [3.05, 3.63) is 35.4 Å². The highest BCUT2D eigenvalue weighted by Crippen LogP contribution is 2.28. The molecule has 0 aromatic heterocycles. The maximum absolute atomic E-state index is 12.2. The van der Waals surface area contributed by atoms with E-state index in [0.29, 0.717) is 18.7 Å². The molecule has 0 spiro atoms. The average Bonchev–Trinajstić information content (AvgIpc) is 3.34. The lowest BCUT2D eigenvalue weighted by Gasteiger charge is -2.10. The number of amides is 2. The minimum atomic E-state index is -0.0811. The maximum atomic E-state index is 12.2. The number of benzene rings is 1. The summed E-state index contributed by atoms with van der Waals surface area (Å²) in [5.74, 6) is 0.240. The first-order valence-corrected chi connectivity index (χ1v) is 7.50. The Morgan fingerprint density at radius 3 is 2.52 bits per heavy atom. The van der Waals surface area contributed by atoms with Gasteiger partial charge in [0.2, 0.25) is 5.91 Å². The predicted octanol–water partition coefficient (Wildman–Crippen LogP) is 0.705. The van der Waals surface area contributed by atoms with Crippen molar-refractivity contribution in [3.63, 3.8) is 0 Å². The monoisotopic (exact) mass is 289 g/mol. The molecule has 21 heavy (non-hydrogen) atoms. The van der Waals surface area contributed by atoms with Crippen LogP contribution in [0.25, 0.3) is 0 Å². The Bertz CT molecular complexity index is 498. The van der Waals surface area contributed by atoms with Gasteiger partial charge in [-0.2, -0.15) is 0 Å². The van der Waals surface area contributed by atoms with Crippen LogP contribution in [0, 0.1) is 5.92 Å². The topological polar surface area (TPSA) is 70.2 Å². The zero-order valence-electron chi connectivity index (χ0n) is 12.4. The van der Waals surface area contributed by atoms with Crippen molar-refractivity contribution >= 4 is 11.8 Å². The van der Waals surface area contributed by atoms with E-state index in [-0.39, 0.29) is 17.7 Å². The molecule has 1 aromatic carbocycles. The zero-order valence-corrected chi connectivity index (χ0v) is 12.4. The molecular weight excluding hydrogens is 266 g/mol. The van der Waals surface area contributed by atoms with Gasteiger partial charge in [-0.15, -0.1) is 0 Å². The van der Waals surface area contributed by atoms with Gasteiger partial charge < -0.3 is 16.0 Å². The van der Waals surface area contributed by atoms with Crippen LogP contribution in [0.2, 0.25) is 0 Å². The molecular formula is C16H23N3O2. The van der Waals surface area contributed by atoms with Crippen molar-refractivity contribution < 1.29 is 9.59 Å². The fourth-order valence-electron chi connectivity index (χ4n) is 2.17. The van der Waals surface area contributed by atoms with E-state index < -0.39 is 0 Å². The summed E-state index contributed by atoms with van der Waals surface area (Å²) < 4.78 is 0. The Balaban J connectivity index is 1.78. The van der Waals surface area contributed by atoms with Crippen LogP contribution in [0.3, 0.4) is 0 Å². The molecule has 5 nitrogen and oxygen atoms in total. The van der Waals surface area contributed by atoms with Crippen molar-refractivity contribution in [2.75, 3.05) is 26.7 Å². The highest BCUT2D eigenvalue weighted by molar-refractivity contribution is 5.95. The molecule has 2 amide bonds. The molecule has 114 valence electrons. The standard InChI is InChI=1S/C16H23N3O2/c1-17-9-8-12-4-2-3-5-14(12)16(21)19-11-10-18-15(20)13-6-7-13/h2-5,13,17H,6-11H2,1H3,(H,18,20)(H,19,21). The first-order valence-electron chi connectivity index (χ1n) is 7.50. The second-order valence-electron chi connectivity index (χ2n) is 5.33. The van der Waals surface area contributed by atoms with Crippen LogP contribution in [0.15, 0.2) is 24.3 Å². The lowest BCUT2D eigenvalue weighted by molar-refractivity contribution is -0.122. The van der Waals surface area contributed by atoms with Gasteiger partial charge in [-0.3, -0.25) is 9.59 Å². The van der Waals surface area contributed by atoms with Crippen molar-refractivity contribution in [1.29, 1.82) is 0 Å². The highest BCUT2D eigenvalue weighted by Gasteiger charge is 2.28. The summed E-state index contributed by atoms with van der Waals surface area (Å²) in [7, 11) is 1.89. The Labute approximate surface area is 125 Å². The Morgan fingerprint density at radius 2 is 1.81 bits per heavy atom. The van der Waals surface area contributed by atoms with Gasteiger partial charge in [0, 0.05) is 24.6 Å². The SMILES string of the molecule is CNCCc1ccccc1C(=O)NCCNC(=O)C1CC1. The average molecular weight is 289 g/mol. The first-order chi connectivity index (χ1) is 10.2. The minimum absolute atomic E-state index is 0.0811. The molecule has 5 heteroatoms. The van der Waals surface area contributed by atoms with Gasteiger partial charge in [-0.25, -0.2) is 0 Å². The number of nitrogens with one attached hydrogen (secondary N) is 3. The number of rotatable bonds is 8. The molecule has 1 aliphatic carbocycles. The van der Waals surface area contributed by atoms with Crippen molar-refractivity contribution in [2.24, 2.45) is 5.92 Å². The predicted molar refractivity (Wildman–Crippen MR) is 82.1 cm³/mol. The van der Waals surface area contributed by atoms with E-state index in [1.165, 1.54) is 0 Å². The lowest BCUT2D eigenvalue weighted by atomic mass is 10.0. The van der Waals surface area contributed by atoms with Crippen molar-refractivity contribution in [1.82, 2.24) is 16.0 Å². The molecule has 1 aliphatic rings. The van der Waals surface area contributed by atoms with E-state index in [1.54, 1.807) is 0 Å². The molecule has 0 atom stereocenters. The van der Waals surface area contributed by atoms with Crippen molar-refractivity contribution in [2.45, 2.75) is 19.3 Å². The summed E-state index contributed by atoms with van der Waals surface area (Å²) in [6, 6.07) is 7.62. The molecule has 0 radical (unpaired) electrons. The third-order valence-corrected chi connectivity index (χ3v) is 3.56. The summed E-state index contributed by atoms with van der Waals surface area (Å²) in [6.45, 7) is 1.78. The fraction of sp³-hybridized carbons (Fsp3) is 0.500. The minimum Gasteiger partial charge on any atom is -0.354 e. The van der Waals surface area contributed by atoms with Crippen LogP contribution >= 0.6 is 0 Å². The molecule has 1 saturated carbocycles. The Hall–Kier alpha value is -1.88. The van der Waals surface area contributed by atoms with E-state index in [2.05, 4.69) is 16.0 Å². The first kappa shape index (κ1) is 15.5. The van der Waals surface area contributed by atoms with Crippen LogP contribution < -0.4 is 16.0 Å². The molecule has 2 rings (SSSR count). The van der Waals surface area contributed by atoms with Crippen LogP contribution in [0.4, 0.5) is 0 Å². The fourth-order valence-corrected chi connectivity index (χ4v) is 2.17. The summed E-state index contributed by atoms with van der Waals surface area (Å²) in [5, 5.41) is 8.78. The third kappa shape index (κ3) is 4.86. The number of hydrogen-bond donors (Lipinski definition) is 3. The van der Waals surface area contributed by atoms with Crippen LogP contribution in [-0.2, 0) is 11.2 Å². The highest BCUT2D eigenvalue weighted by atomic mass is 16.2. The molecule has 0 saturated heterocycles. The van der Waals surface area contributed by atoms with E-state index in [4.69, 9.17) is 0 Å². The summed E-state index contributed by atoms with van der Waals surface area (Å²) in [5.41, 5.74) is 1.74. The number of carbonyl (C=O) groups excluding carboxylic acids is 2.